The van der Waals surface area contributed by atoms with E-state index < -0.39 is 0 Å². The van der Waals surface area contributed by atoms with Crippen LogP contribution >= 0.6 is 0 Å². The van der Waals surface area contributed by atoms with E-state index in [4.69, 9.17) is 4.52 Å². The lowest BCUT2D eigenvalue weighted by atomic mass is 9.91. The van der Waals surface area contributed by atoms with Crippen LogP contribution in [0.5, 0.6) is 0 Å². The number of nitrogens with zero attached hydrogens (tertiary/aromatic N) is 2. The summed E-state index contributed by atoms with van der Waals surface area (Å²) in [5.41, 5.74) is 2.22. The van der Waals surface area contributed by atoms with E-state index in [1.54, 1.807) is 11.0 Å². The predicted octanol–water partition coefficient (Wildman–Crippen LogP) is 2.76. The zero-order valence-electron chi connectivity index (χ0n) is 15.1. The van der Waals surface area contributed by atoms with Crippen LogP contribution in [-0.2, 0) is 6.42 Å². The lowest BCUT2D eigenvalue weighted by Crippen LogP contribution is -2.50. The maximum atomic E-state index is 12.8. The van der Waals surface area contributed by atoms with Crippen molar-refractivity contribution in [2.24, 2.45) is 0 Å². The van der Waals surface area contributed by atoms with Crippen LogP contribution in [0.25, 0.3) is 0 Å². The van der Waals surface area contributed by atoms with E-state index in [-0.39, 0.29) is 29.0 Å². The third-order valence-corrected chi connectivity index (χ3v) is 5.49. The molecule has 0 saturated carbocycles. The van der Waals surface area contributed by atoms with Crippen molar-refractivity contribution in [3.8, 4) is 0 Å². The quantitative estimate of drug-likeness (QED) is 0.901. The van der Waals surface area contributed by atoms with Gasteiger partial charge in [-0.3, -0.25) is 9.59 Å². The first kappa shape index (κ1) is 16.8. The van der Waals surface area contributed by atoms with Gasteiger partial charge in [0.05, 0.1) is 11.2 Å². The van der Waals surface area contributed by atoms with Crippen LogP contribution in [0.2, 0.25) is 0 Å². The van der Waals surface area contributed by atoms with Gasteiger partial charge in [0.2, 0.25) is 5.76 Å². The molecule has 136 valence electrons. The van der Waals surface area contributed by atoms with Crippen molar-refractivity contribution < 1.29 is 14.1 Å². The molecule has 1 saturated heterocycles. The van der Waals surface area contributed by atoms with Crippen molar-refractivity contribution in [2.45, 2.75) is 44.6 Å². The molecule has 1 N–H and O–H groups in total. The zero-order valence-corrected chi connectivity index (χ0v) is 15.1. The zero-order chi connectivity index (χ0) is 18.3. The Labute approximate surface area is 152 Å². The molecule has 6 heteroatoms. The molecule has 2 aromatic rings. The van der Waals surface area contributed by atoms with Crippen molar-refractivity contribution in [1.82, 2.24) is 15.4 Å². The molecule has 1 fully saturated rings. The number of amides is 2. The summed E-state index contributed by atoms with van der Waals surface area (Å²) in [5.74, 6) is 0.283. The molecule has 1 spiro atoms. The second-order valence-corrected chi connectivity index (χ2v) is 7.64. The highest BCUT2D eigenvalue weighted by molar-refractivity contribution is 5.97. The number of aromatic nitrogens is 1. The normalized spacial score (nSPS) is 22.4. The summed E-state index contributed by atoms with van der Waals surface area (Å²) in [7, 11) is 0. The van der Waals surface area contributed by atoms with Gasteiger partial charge >= 0.3 is 0 Å². The molecule has 2 aliphatic rings. The summed E-state index contributed by atoms with van der Waals surface area (Å²) >= 11 is 0. The van der Waals surface area contributed by atoms with Gasteiger partial charge in [-0.25, -0.2) is 0 Å². The molecule has 0 aliphatic carbocycles. The Bertz CT molecular complexity index is 857. The Balaban J connectivity index is 1.51. The number of nitrogens with one attached hydrogen (secondary N) is 1. The molecule has 0 radical (unpaired) electrons. The third kappa shape index (κ3) is 2.89. The minimum atomic E-state index is -0.368. The van der Waals surface area contributed by atoms with E-state index >= 15 is 0 Å². The second-order valence-electron chi connectivity index (χ2n) is 7.64. The highest BCUT2D eigenvalue weighted by atomic mass is 16.5. The topological polar surface area (TPSA) is 75.4 Å². The molecular weight excluding hydrogens is 330 g/mol. The van der Waals surface area contributed by atoms with E-state index in [0.717, 1.165) is 36.1 Å². The number of likely N-dealkylation sites (tertiary alicyclic amines) is 1. The minimum Gasteiger partial charge on any atom is -0.351 e. The van der Waals surface area contributed by atoms with Gasteiger partial charge in [0.1, 0.15) is 0 Å². The van der Waals surface area contributed by atoms with Crippen molar-refractivity contribution in [1.29, 1.82) is 0 Å². The molecule has 2 amide bonds. The monoisotopic (exact) mass is 353 g/mol. The van der Waals surface area contributed by atoms with Crippen LogP contribution in [0.1, 0.15) is 64.8 Å². The standard InChI is InChI=1S/C20H23N3O3/c1-13(2)16-11-17(26-22-16)19(25)23-10-9-20(12-23)8-7-14-5-3-4-6-15(14)18(24)21-20/h3-6,11,13H,7-10,12H2,1-2H3,(H,21,24)/t20-/m0/s1. The molecule has 0 unspecified atom stereocenters. The summed E-state index contributed by atoms with van der Waals surface area (Å²) in [5, 5.41) is 7.17. The molecular formula is C20H23N3O3. The van der Waals surface area contributed by atoms with Gasteiger partial charge in [-0.05, 0) is 36.8 Å². The first-order valence-electron chi connectivity index (χ1n) is 9.14. The van der Waals surface area contributed by atoms with Crippen molar-refractivity contribution in [2.75, 3.05) is 13.1 Å². The second kappa shape index (κ2) is 6.27. The molecule has 2 aliphatic heterocycles. The summed E-state index contributed by atoms with van der Waals surface area (Å²) in [4.78, 5) is 27.2. The summed E-state index contributed by atoms with van der Waals surface area (Å²) < 4.78 is 5.24. The fourth-order valence-corrected chi connectivity index (χ4v) is 3.87. The fourth-order valence-electron chi connectivity index (χ4n) is 3.87. The summed E-state index contributed by atoms with van der Waals surface area (Å²) in [6, 6.07) is 9.44. The highest BCUT2D eigenvalue weighted by Crippen LogP contribution is 2.31. The Morgan fingerprint density at radius 2 is 2.12 bits per heavy atom. The Hall–Kier alpha value is -2.63. The van der Waals surface area contributed by atoms with E-state index in [2.05, 4.69) is 10.5 Å². The number of rotatable bonds is 2. The van der Waals surface area contributed by atoms with E-state index in [1.165, 1.54) is 0 Å². The first-order chi connectivity index (χ1) is 12.5. The van der Waals surface area contributed by atoms with Crippen molar-refractivity contribution in [3.63, 3.8) is 0 Å². The molecule has 4 rings (SSSR count). The summed E-state index contributed by atoms with van der Waals surface area (Å²) in [6.45, 7) is 5.13. The van der Waals surface area contributed by atoms with Crippen LogP contribution in [0, 0.1) is 0 Å². The molecule has 26 heavy (non-hydrogen) atoms. The maximum absolute atomic E-state index is 12.8. The van der Waals surface area contributed by atoms with Crippen molar-refractivity contribution in [3.05, 3.63) is 52.9 Å². The first-order valence-corrected chi connectivity index (χ1v) is 9.14. The van der Waals surface area contributed by atoms with Gasteiger partial charge in [-0.15, -0.1) is 0 Å². The van der Waals surface area contributed by atoms with Gasteiger partial charge in [0.25, 0.3) is 11.8 Å². The maximum Gasteiger partial charge on any atom is 0.292 e. The highest BCUT2D eigenvalue weighted by Gasteiger charge is 2.43. The SMILES string of the molecule is CC(C)c1cc(C(=O)N2CC[C@@]3(CCc4ccccc4C(=O)N3)C2)on1. The van der Waals surface area contributed by atoms with Gasteiger partial charge in [-0.1, -0.05) is 37.2 Å². The Morgan fingerprint density at radius 3 is 2.88 bits per heavy atom. The van der Waals surface area contributed by atoms with E-state index in [1.807, 2.05) is 38.1 Å². The van der Waals surface area contributed by atoms with Gasteiger partial charge in [0, 0.05) is 24.7 Å². The predicted molar refractivity (Wildman–Crippen MR) is 96.1 cm³/mol. The van der Waals surface area contributed by atoms with E-state index in [9.17, 15) is 9.59 Å². The van der Waals surface area contributed by atoms with Crippen molar-refractivity contribution >= 4 is 11.8 Å². The number of carbonyl (C=O) groups excluding carboxylic acids is 2. The number of benzene rings is 1. The van der Waals surface area contributed by atoms with E-state index in [0.29, 0.717) is 13.1 Å². The number of hydrogen-bond acceptors (Lipinski definition) is 4. The van der Waals surface area contributed by atoms with Gasteiger partial charge < -0.3 is 14.7 Å². The Morgan fingerprint density at radius 1 is 1.31 bits per heavy atom. The molecule has 6 nitrogen and oxygen atoms in total. The molecule has 1 atom stereocenters. The number of aryl methyl sites for hydroxylation is 1. The number of hydrogen-bond donors (Lipinski definition) is 1. The molecule has 1 aromatic heterocycles. The van der Waals surface area contributed by atoms with Crippen LogP contribution in [0.15, 0.2) is 34.9 Å². The van der Waals surface area contributed by atoms with Crippen LogP contribution < -0.4 is 5.32 Å². The lowest BCUT2D eigenvalue weighted by molar-refractivity contribution is 0.0726. The Kier molecular flexibility index (Phi) is 4.05. The smallest absolute Gasteiger partial charge is 0.292 e. The fraction of sp³-hybridized carbons (Fsp3) is 0.450. The largest absolute Gasteiger partial charge is 0.351 e. The average molecular weight is 353 g/mol. The lowest BCUT2D eigenvalue weighted by Gasteiger charge is -2.28. The third-order valence-electron chi connectivity index (χ3n) is 5.49. The molecule has 1 aromatic carbocycles. The minimum absolute atomic E-state index is 0.0471. The number of carbonyl (C=O) groups is 2. The molecule has 3 heterocycles. The van der Waals surface area contributed by atoms with Crippen LogP contribution in [0.4, 0.5) is 0 Å². The molecule has 0 bridgehead atoms. The van der Waals surface area contributed by atoms with Gasteiger partial charge in [0.15, 0.2) is 0 Å². The van der Waals surface area contributed by atoms with Gasteiger partial charge in [-0.2, -0.15) is 0 Å². The van der Waals surface area contributed by atoms with Crippen LogP contribution in [-0.4, -0.2) is 40.5 Å². The number of fused-ring (bicyclic) bond motifs is 1. The average Bonchev–Trinajstić information content (AvgIpc) is 3.25. The summed E-state index contributed by atoms with van der Waals surface area (Å²) in [6.07, 6.45) is 2.41. The van der Waals surface area contributed by atoms with Crippen LogP contribution in [0.3, 0.4) is 0 Å².